The summed E-state index contributed by atoms with van der Waals surface area (Å²) in [5, 5.41) is 18.9. The van der Waals surface area contributed by atoms with Gasteiger partial charge in [-0.25, -0.2) is 4.79 Å². The Labute approximate surface area is 159 Å². The highest BCUT2D eigenvalue weighted by Crippen LogP contribution is 2.31. The molecule has 1 amide bonds. The minimum Gasteiger partial charge on any atom is -0.444 e. The molecule has 0 unspecified atom stereocenters. The Morgan fingerprint density at radius 2 is 1.89 bits per heavy atom. The molecule has 0 bridgehead atoms. The molecule has 0 heterocycles. The van der Waals surface area contributed by atoms with Crippen LogP contribution in [0, 0.1) is 18.3 Å². The van der Waals surface area contributed by atoms with Crippen LogP contribution in [-0.4, -0.2) is 23.3 Å². The lowest BCUT2D eigenvalue weighted by Gasteiger charge is -2.35. The van der Waals surface area contributed by atoms with Crippen molar-refractivity contribution in [2.24, 2.45) is 0 Å². The Kier molecular flexibility index (Phi) is 6.10. The zero-order chi connectivity index (χ0) is 19.2. The monoisotopic (exact) mass is 364 g/mol. The molecule has 1 aliphatic carbocycles. The SMILES string of the molecule is Cc1cc(C#N)ccc1N(C(=O)OCc1ccccc1)C1CCC(O)CC1. The fraction of sp³-hybridized carbons (Fsp3) is 0.364. The Morgan fingerprint density at radius 3 is 2.52 bits per heavy atom. The lowest BCUT2D eigenvalue weighted by Crippen LogP contribution is -2.44. The fourth-order valence-electron chi connectivity index (χ4n) is 3.54. The number of benzene rings is 2. The first-order chi connectivity index (χ1) is 13.1. The number of aliphatic hydroxyl groups excluding tert-OH is 1. The van der Waals surface area contributed by atoms with Gasteiger partial charge in [-0.05, 0) is 61.9 Å². The van der Waals surface area contributed by atoms with Crippen LogP contribution in [0.4, 0.5) is 10.5 Å². The molecule has 1 saturated carbocycles. The number of nitrogens with zero attached hydrogens (tertiary/aromatic N) is 2. The number of ether oxygens (including phenoxy) is 1. The van der Waals surface area contributed by atoms with Gasteiger partial charge in [0.05, 0.1) is 23.4 Å². The number of anilines is 1. The van der Waals surface area contributed by atoms with Crippen LogP contribution in [0.25, 0.3) is 0 Å². The quantitative estimate of drug-likeness (QED) is 0.877. The van der Waals surface area contributed by atoms with Crippen LogP contribution in [0.5, 0.6) is 0 Å². The molecule has 27 heavy (non-hydrogen) atoms. The van der Waals surface area contributed by atoms with Gasteiger partial charge in [-0.2, -0.15) is 5.26 Å². The predicted octanol–water partition coefficient (Wildman–Crippen LogP) is 4.31. The van der Waals surface area contributed by atoms with Gasteiger partial charge in [-0.1, -0.05) is 30.3 Å². The lowest BCUT2D eigenvalue weighted by atomic mass is 9.91. The van der Waals surface area contributed by atoms with E-state index in [4.69, 9.17) is 10.00 Å². The van der Waals surface area contributed by atoms with Crippen LogP contribution in [-0.2, 0) is 11.3 Å². The van der Waals surface area contributed by atoms with Crippen molar-refractivity contribution in [3.05, 3.63) is 65.2 Å². The van der Waals surface area contributed by atoms with E-state index in [1.54, 1.807) is 17.0 Å². The zero-order valence-corrected chi connectivity index (χ0v) is 15.5. The predicted molar refractivity (Wildman–Crippen MR) is 103 cm³/mol. The summed E-state index contributed by atoms with van der Waals surface area (Å²) in [5.74, 6) is 0. The Bertz CT molecular complexity index is 821. The van der Waals surface area contributed by atoms with E-state index < -0.39 is 6.09 Å². The molecular formula is C22H24N2O3. The zero-order valence-electron chi connectivity index (χ0n) is 15.5. The normalized spacial score (nSPS) is 19.1. The maximum absolute atomic E-state index is 13.0. The molecule has 140 valence electrons. The van der Waals surface area contributed by atoms with Crippen molar-refractivity contribution in [1.82, 2.24) is 0 Å². The number of carbonyl (C=O) groups is 1. The van der Waals surface area contributed by atoms with E-state index in [9.17, 15) is 9.90 Å². The van der Waals surface area contributed by atoms with Gasteiger partial charge < -0.3 is 9.84 Å². The minimum absolute atomic E-state index is 0.0247. The number of carbonyl (C=O) groups excluding carboxylic acids is 1. The average molecular weight is 364 g/mol. The summed E-state index contributed by atoms with van der Waals surface area (Å²) in [7, 11) is 0. The van der Waals surface area contributed by atoms with Crippen molar-refractivity contribution in [1.29, 1.82) is 5.26 Å². The maximum atomic E-state index is 13.0. The first-order valence-electron chi connectivity index (χ1n) is 9.27. The number of rotatable bonds is 4. The van der Waals surface area contributed by atoms with Crippen molar-refractivity contribution >= 4 is 11.8 Å². The number of amides is 1. The van der Waals surface area contributed by atoms with Gasteiger partial charge in [0.2, 0.25) is 0 Å². The lowest BCUT2D eigenvalue weighted by molar-refractivity contribution is 0.113. The summed E-state index contributed by atoms with van der Waals surface area (Å²) in [5.41, 5.74) is 3.11. The number of hydrogen-bond acceptors (Lipinski definition) is 4. The first kappa shape index (κ1) is 18.9. The molecule has 0 spiro atoms. The molecular weight excluding hydrogens is 340 g/mol. The molecule has 1 fully saturated rings. The van der Waals surface area contributed by atoms with Crippen molar-refractivity contribution in [3.8, 4) is 6.07 Å². The summed E-state index contributed by atoms with van der Waals surface area (Å²) >= 11 is 0. The topological polar surface area (TPSA) is 73.6 Å². The number of hydrogen-bond donors (Lipinski definition) is 1. The molecule has 1 N–H and O–H groups in total. The van der Waals surface area contributed by atoms with E-state index in [1.165, 1.54) is 0 Å². The summed E-state index contributed by atoms with van der Waals surface area (Å²) in [6.07, 6.45) is 2.09. The van der Waals surface area contributed by atoms with Crippen molar-refractivity contribution in [2.45, 2.75) is 51.4 Å². The molecule has 0 radical (unpaired) electrons. The van der Waals surface area contributed by atoms with Crippen molar-refractivity contribution in [2.75, 3.05) is 4.90 Å². The largest absolute Gasteiger partial charge is 0.444 e. The highest BCUT2D eigenvalue weighted by Gasteiger charge is 2.31. The van der Waals surface area contributed by atoms with Gasteiger partial charge in [0.15, 0.2) is 0 Å². The molecule has 2 aromatic carbocycles. The highest BCUT2D eigenvalue weighted by molar-refractivity contribution is 5.89. The second-order valence-electron chi connectivity index (χ2n) is 6.99. The molecule has 5 nitrogen and oxygen atoms in total. The Balaban J connectivity index is 1.83. The second-order valence-corrected chi connectivity index (χ2v) is 6.99. The third-order valence-electron chi connectivity index (χ3n) is 5.02. The van der Waals surface area contributed by atoms with E-state index in [-0.39, 0.29) is 18.8 Å². The number of aryl methyl sites for hydroxylation is 1. The molecule has 5 heteroatoms. The summed E-state index contributed by atoms with van der Waals surface area (Å²) in [6, 6.07) is 17.0. The molecule has 0 aromatic heterocycles. The summed E-state index contributed by atoms with van der Waals surface area (Å²) < 4.78 is 5.60. The fourth-order valence-corrected chi connectivity index (χ4v) is 3.54. The number of nitriles is 1. The number of aliphatic hydroxyl groups is 1. The highest BCUT2D eigenvalue weighted by atomic mass is 16.6. The van der Waals surface area contributed by atoms with Crippen LogP contribution in [0.2, 0.25) is 0 Å². The second kappa shape index (κ2) is 8.70. The average Bonchev–Trinajstić information content (AvgIpc) is 2.70. The Hall–Kier alpha value is -2.84. The smallest absolute Gasteiger partial charge is 0.414 e. The van der Waals surface area contributed by atoms with Gasteiger partial charge in [-0.15, -0.1) is 0 Å². The summed E-state index contributed by atoms with van der Waals surface area (Å²) in [6.45, 7) is 2.10. The van der Waals surface area contributed by atoms with E-state index in [0.29, 0.717) is 18.4 Å². The molecule has 0 saturated heterocycles. The van der Waals surface area contributed by atoms with Crippen LogP contribution < -0.4 is 4.90 Å². The molecule has 0 atom stereocenters. The van der Waals surface area contributed by atoms with Crippen molar-refractivity contribution in [3.63, 3.8) is 0 Å². The van der Waals surface area contributed by atoms with Crippen LogP contribution in [0.3, 0.4) is 0 Å². The third kappa shape index (κ3) is 4.66. The van der Waals surface area contributed by atoms with E-state index in [1.807, 2.05) is 43.3 Å². The molecule has 0 aliphatic heterocycles. The summed E-state index contributed by atoms with van der Waals surface area (Å²) in [4.78, 5) is 14.7. The molecule has 2 aromatic rings. The van der Waals surface area contributed by atoms with E-state index >= 15 is 0 Å². The van der Waals surface area contributed by atoms with Crippen LogP contribution >= 0.6 is 0 Å². The molecule has 3 rings (SSSR count). The third-order valence-corrected chi connectivity index (χ3v) is 5.02. The minimum atomic E-state index is -0.395. The van der Waals surface area contributed by atoms with Gasteiger partial charge >= 0.3 is 6.09 Å². The molecule has 1 aliphatic rings. The van der Waals surface area contributed by atoms with Gasteiger partial charge in [0.25, 0.3) is 0 Å². The van der Waals surface area contributed by atoms with Gasteiger partial charge in [0, 0.05) is 6.04 Å². The van der Waals surface area contributed by atoms with Gasteiger partial charge in [-0.3, -0.25) is 4.90 Å². The van der Waals surface area contributed by atoms with Crippen molar-refractivity contribution < 1.29 is 14.6 Å². The van der Waals surface area contributed by atoms with Crippen LogP contribution in [0.1, 0.15) is 42.4 Å². The Morgan fingerprint density at radius 1 is 1.19 bits per heavy atom. The van der Waals surface area contributed by atoms with Gasteiger partial charge in [0.1, 0.15) is 6.61 Å². The van der Waals surface area contributed by atoms with E-state index in [2.05, 4.69) is 6.07 Å². The first-order valence-corrected chi connectivity index (χ1v) is 9.27. The maximum Gasteiger partial charge on any atom is 0.414 e. The standard InChI is InChI=1S/C22H24N2O3/c1-16-13-18(14-23)7-12-21(16)24(19-8-10-20(25)11-9-19)22(26)27-15-17-5-3-2-4-6-17/h2-7,12-13,19-20,25H,8-11,15H2,1H3. The van der Waals surface area contributed by atoms with Crippen LogP contribution in [0.15, 0.2) is 48.5 Å². The van der Waals surface area contributed by atoms with E-state index in [0.717, 1.165) is 29.7 Å².